The fourth-order valence-electron chi connectivity index (χ4n) is 1.89. The fourth-order valence-corrected chi connectivity index (χ4v) is 5.19. The Morgan fingerprint density at radius 3 is 2.70 bits per heavy atom. The van der Waals surface area contributed by atoms with E-state index in [1.165, 1.54) is 6.07 Å². The Kier molecular flexibility index (Phi) is 4.93. The van der Waals surface area contributed by atoms with E-state index >= 15 is 0 Å². The van der Waals surface area contributed by atoms with Crippen molar-refractivity contribution >= 4 is 39.1 Å². The fraction of sp³-hybridized carbons (Fsp3) is 0.417. The number of rotatable bonds is 4. The van der Waals surface area contributed by atoms with Crippen LogP contribution in [0.1, 0.15) is 0 Å². The molecule has 0 aliphatic carbocycles. The van der Waals surface area contributed by atoms with Crippen LogP contribution in [0.15, 0.2) is 29.2 Å². The summed E-state index contributed by atoms with van der Waals surface area (Å²) in [7, 11) is -3.18. The summed E-state index contributed by atoms with van der Waals surface area (Å²) in [6, 6.07) is 5.58. The number of hydrogen-bond donors (Lipinski definition) is 1. The van der Waals surface area contributed by atoms with Crippen LogP contribution in [0.2, 0.25) is 0 Å². The molecule has 2 atom stereocenters. The van der Waals surface area contributed by atoms with E-state index in [9.17, 15) is 17.6 Å². The molecule has 0 saturated carbocycles. The third-order valence-corrected chi connectivity index (χ3v) is 6.25. The highest BCUT2D eigenvalue weighted by Gasteiger charge is 2.37. The van der Waals surface area contributed by atoms with Gasteiger partial charge in [-0.15, -0.1) is 23.4 Å². The van der Waals surface area contributed by atoms with Gasteiger partial charge in [0.15, 0.2) is 9.84 Å². The molecule has 0 unspecified atom stereocenters. The van der Waals surface area contributed by atoms with Gasteiger partial charge >= 0.3 is 0 Å². The zero-order valence-electron chi connectivity index (χ0n) is 10.4. The summed E-state index contributed by atoms with van der Waals surface area (Å²) in [5, 5.41) is 1.97. The molecule has 20 heavy (non-hydrogen) atoms. The normalized spacial score (nSPS) is 24.5. The molecule has 1 aliphatic rings. The van der Waals surface area contributed by atoms with Crippen LogP contribution in [0, 0.1) is 5.82 Å². The molecule has 1 aliphatic heterocycles. The first-order chi connectivity index (χ1) is 9.37. The molecule has 0 radical (unpaired) electrons. The number of halogens is 2. The molecule has 1 fully saturated rings. The monoisotopic (exact) mass is 337 g/mol. The first kappa shape index (κ1) is 15.6. The maximum Gasteiger partial charge on any atom is 0.230 e. The molecule has 1 saturated heterocycles. The zero-order valence-corrected chi connectivity index (χ0v) is 12.8. The third-order valence-electron chi connectivity index (χ3n) is 2.83. The van der Waals surface area contributed by atoms with E-state index in [1.807, 2.05) is 0 Å². The van der Waals surface area contributed by atoms with Gasteiger partial charge in [0.25, 0.3) is 0 Å². The number of nitrogens with one attached hydrogen (secondary N) is 1. The average molecular weight is 338 g/mol. The Labute approximate surface area is 126 Å². The lowest BCUT2D eigenvalue weighted by Gasteiger charge is -2.14. The Hall–Kier alpha value is -0.790. The van der Waals surface area contributed by atoms with Crippen molar-refractivity contribution in [1.29, 1.82) is 0 Å². The van der Waals surface area contributed by atoms with E-state index in [-0.39, 0.29) is 29.0 Å². The van der Waals surface area contributed by atoms with Crippen molar-refractivity contribution in [1.82, 2.24) is 5.32 Å². The second-order valence-corrected chi connectivity index (χ2v) is 8.22. The second-order valence-electron chi connectivity index (χ2n) is 4.49. The van der Waals surface area contributed by atoms with Gasteiger partial charge in [-0.1, -0.05) is 12.1 Å². The summed E-state index contributed by atoms with van der Waals surface area (Å²) in [5.41, 5.74) is 0. The summed E-state index contributed by atoms with van der Waals surface area (Å²) in [6.45, 7) is 0. The van der Waals surface area contributed by atoms with Crippen molar-refractivity contribution in [3.63, 3.8) is 0 Å². The summed E-state index contributed by atoms with van der Waals surface area (Å²) in [5.74, 6) is -0.992. The molecule has 2 rings (SSSR count). The number of amides is 1. The highest BCUT2D eigenvalue weighted by molar-refractivity contribution is 8.00. The predicted molar refractivity (Wildman–Crippen MR) is 77.3 cm³/mol. The minimum atomic E-state index is -3.18. The van der Waals surface area contributed by atoms with Crippen LogP contribution in [0.4, 0.5) is 4.39 Å². The van der Waals surface area contributed by atoms with Gasteiger partial charge in [-0.25, -0.2) is 12.8 Å². The van der Waals surface area contributed by atoms with Gasteiger partial charge in [0.1, 0.15) is 5.82 Å². The van der Waals surface area contributed by atoms with Crippen molar-refractivity contribution in [2.45, 2.75) is 16.3 Å². The van der Waals surface area contributed by atoms with Crippen LogP contribution in [-0.4, -0.2) is 43.0 Å². The van der Waals surface area contributed by atoms with Gasteiger partial charge in [-0.2, -0.15) is 0 Å². The Balaban J connectivity index is 1.86. The Morgan fingerprint density at radius 2 is 2.10 bits per heavy atom. The van der Waals surface area contributed by atoms with E-state index in [0.717, 1.165) is 11.8 Å². The molecular weight excluding hydrogens is 325 g/mol. The highest BCUT2D eigenvalue weighted by Crippen LogP contribution is 2.22. The molecule has 0 bridgehead atoms. The first-order valence-electron chi connectivity index (χ1n) is 5.88. The predicted octanol–water partition coefficient (Wildman–Crippen LogP) is 1.44. The van der Waals surface area contributed by atoms with E-state index in [0.29, 0.717) is 4.90 Å². The van der Waals surface area contributed by atoms with Crippen LogP contribution in [0.3, 0.4) is 0 Å². The second kappa shape index (κ2) is 6.32. The number of carbonyl (C=O) groups is 1. The minimum absolute atomic E-state index is 0.0150. The lowest BCUT2D eigenvalue weighted by molar-refractivity contribution is -0.119. The van der Waals surface area contributed by atoms with E-state index in [4.69, 9.17) is 11.6 Å². The molecule has 4 nitrogen and oxygen atoms in total. The number of alkyl halides is 1. The Bertz CT molecular complexity index is 608. The van der Waals surface area contributed by atoms with Gasteiger partial charge in [0.2, 0.25) is 5.91 Å². The van der Waals surface area contributed by atoms with Gasteiger partial charge in [-0.3, -0.25) is 4.79 Å². The number of hydrogen-bond acceptors (Lipinski definition) is 4. The minimum Gasteiger partial charge on any atom is -0.350 e. The quantitative estimate of drug-likeness (QED) is 0.667. The maximum absolute atomic E-state index is 13.4. The van der Waals surface area contributed by atoms with Crippen molar-refractivity contribution < 1.29 is 17.6 Å². The van der Waals surface area contributed by atoms with Crippen molar-refractivity contribution in [2.75, 3.05) is 17.3 Å². The van der Waals surface area contributed by atoms with Crippen LogP contribution in [-0.2, 0) is 14.6 Å². The van der Waals surface area contributed by atoms with E-state index in [2.05, 4.69) is 5.32 Å². The van der Waals surface area contributed by atoms with Crippen LogP contribution < -0.4 is 5.32 Å². The van der Waals surface area contributed by atoms with Crippen molar-refractivity contribution in [2.24, 2.45) is 0 Å². The number of benzene rings is 1. The van der Waals surface area contributed by atoms with E-state index in [1.54, 1.807) is 18.2 Å². The van der Waals surface area contributed by atoms with Crippen molar-refractivity contribution in [3.05, 3.63) is 30.1 Å². The molecule has 1 amide bonds. The molecule has 1 heterocycles. The van der Waals surface area contributed by atoms with E-state index < -0.39 is 21.3 Å². The molecule has 1 N–H and O–H groups in total. The summed E-state index contributed by atoms with van der Waals surface area (Å²) in [4.78, 5) is 12.1. The first-order valence-corrected chi connectivity index (χ1v) is 9.13. The molecule has 8 heteroatoms. The van der Waals surface area contributed by atoms with Gasteiger partial charge < -0.3 is 5.32 Å². The zero-order chi connectivity index (χ0) is 14.8. The summed E-state index contributed by atoms with van der Waals surface area (Å²) >= 11 is 6.95. The summed E-state index contributed by atoms with van der Waals surface area (Å²) in [6.07, 6.45) is 0. The lowest BCUT2D eigenvalue weighted by atomic mass is 10.2. The van der Waals surface area contributed by atoms with Gasteiger partial charge in [0.05, 0.1) is 28.7 Å². The number of carbonyl (C=O) groups excluding carboxylic acids is 1. The summed E-state index contributed by atoms with van der Waals surface area (Å²) < 4.78 is 36.1. The largest absolute Gasteiger partial charge is 0.350 e. The van der Waals surface area contributed by atoms with Crippen LogP contribution in [0.25, 0.3) is 0 Å². The lowest BCUT2D eigenvalue weighted by Crippen LogP contribution is -2.41. The maximum atomic E-state index is 13.4. The average Bonchev–Trinajstić information content (AvgIpc) is 2.61. The van der Waals surface area contributed by atoms with Crippen molar-refractivity contribution in [3.8, 4) is 0 Å². The van der Waals surface area contributed by atoms with Gasteiger partial charge in [0, 0.05) is 4.90 Å². The Morgan fingerprint density at radius 1 is 1.40 bits per heavy atom. The number of thioether (sulfide) groups is 1. The third kappa shape index (κ3) is 4.10. The molecule has 1 aromatic rings. The molecule has 110 valence electrons. The topological polar surface area (TPSA) is 63.2 Å². The number of sulfone groups is 1. The molecule has 0 aromatic heterocycles. The smallest absolute Gasteiger partial charge is 0.230 e. The molecule has 0 spiro atoms. The van der Waals surface area contributed by atoms with Crippen LogP contribution in [0.5, 0.6) is 0 Å². The van der Waals surface area contributed by atoms with Crippen LogP contribution >= 0.6 is 23.4 Å². The molecule has 1 aromatic carbocycles. The van der Waals surface area contributed by atoms with Gasteiger partial charge in [-0.05, 0) is 12.1 Å². The highest BCUT2D eigenvalue weighted by atomic mass is 35.5. The standard InChI is InChI=1S/C12H13ClFNO3S2/c13-8-6-20(17,18)7-10(8)15-12(16)5-19-11-4-2-1-3-9(11)14/h1-4,8,10H,5-7H2,(H,15,16)/t8-,10+/m0/s1. The SMILES string of the molecule is O=C(CSc1ccccc1F)N[C@@H]1CS(=O)(=O)C[C@@H]1Cl. The molecular formula is C12H13ClFNO3S2.